The summed E-state index contributed by atoms with van der Waals surface area (Å²) in [5.41, 5.74) is 5.13. The van der Waals surface area contributed by atoms with Crippen molar-refractivity contribution in [2.75, 3.05) is 13.2 Å². The zero-order chi connectivity index (χ0) is 8.20. The van der Waals surface area contributed by atoms with Crippen molar-refractivity contribution in [3.8, 4) is 0 Å². The lowest BCUT2D eigenvalue weighted by molar-refractivity contribution is -0.174. The molecule has 0 spiro atoms. The summed E-state index contributed by atoms with van der Waals surface area (Å²) in [7, 11) is 0. The van der Waals surface area contributed by atoms with Crippen LogP contribution in [0.1, 0.15) is 6.92 Å². The Morgan fingerprint density at radius 3 is 2.30 bits per heavy atom. The molecule has 0 fully saturated rings. The van der Waals surface area contributed by atoms with Gasteiger partial charge >= 0.3 is 6.18 Å². The smallest absolute Gasteiger partial charge is 0.370 e. The van der Waals surface area contributed by atoms with E-state index in [0.29, 0.717) is 0 Å². The van der Waals surface area contributed by atoms with Crippen LogP contribution >= 0.6 is 0 Å². The van der Waals surface area contributed by atoms with Gasteiger partial charge in [-0.1, -0.05) is 0 Å². The fourth-order valence-corrected chi connectivity index (χ4v) is 0.361. The van der Waals surface area contributed by atoms with E-state index in [-0.39, 0.29) is 12.6 Å². The molecule has 0 aliphatic rings. The maximum atomic E-state index is 11.3. The molecule has 0 aliphatic carbocycles. The topological polar surface area (TPSA) is 35.2 Å². The van der Waals surface area contributed by atoms with E-state index in [1.807, 2.05) is 0 Å². The lowest BCUT2D eigenvalue weighted by atomic mass is 10.4. The van der Waals surface area contributed by atoms with Crippen molar-refractivity contribution >= 4 is 0 Å². The highest BCUT2D eigenvalue weighted by molar-refractivity contribution is 4.51. The second-order valence-electron chi connectivity index (χ2n) is 2.11. The van der Waals surface area contributed by atoms with Crippen molar-refractivity contribution < 1.29 is 17.9 Å². The van der Waals surface area contributed by atoms with Crippen LogP contribution in [0.4, 0.5) is 13.2 Å². The highest BCUT2D eigenvalue weighted by Crippen LogP contribution is 2.14. The van der Waals surface area contributed by atoms with Crippen molar-refractivity contribution in [2.45, 2.75) is 19.1 Å². The van der Waals surface area contributed by atoms with E-state index in [9.17, 15) is 13.2 Å². The molecule has 0 aliphatic heterocycles. The average molecular weight is 157 g/mol. The second kappa shape index (κ2) is 3.78. The fourth-order valence-electron chi connectivity index (χ4n) is 0.361. The molecule has 0 aromatic carbocycles. The first kappa shape index (κ1) is 9.71. The Hall–Kier alpha value is -0.290. The van der Waals surface area contributed by atoms with Crippen molar-refractivity contribution in [2.24, 2.45) is 5.73 Å². The van der Waals surface area contributed by atoms with Crippen LogP contribution in [0.3, 0.4) is 0 Å². The van der Waals surface area contributed by atoms with E-state index in [4.69, 9.17) is 5.73 Å². The summed E-state index contributed by atoms with van der Waals surface area (Å²) in [5.74, 6) is 0. The third kappa shape index (κ3) is 7.71. The molecule has 2 nitrogen and oxygen atoms in total. The van der Waals surface area contributed by atoms with Gasteiger partial charge in [0, 0.05) is 6.04 Å². The molecule has 1 atom stereocenters. The number of rotatable bonds is 3. The van der Waals surface area contributed by atoms with Crippen LogP contribution in [-0.4, -0.2) is 25.4 Å². The van der Waals surface area contributed by atoms with Crippen LogP contribution in [0.5, 0.6) is 0 Å². The Morgan fingerprint density at radius 2 is 2.00 bits per heavy atom. The predicted molar refractivity (Wildman–Crippen MR) is 30.5 cm³/mol. The summed E-state index contributed by atoms with van der Waals surface area (Å²) in [6.07, 6.45) is -4.24. The predicted octanol–water partition coefficient (Wildman–Crippen LogP) is 0.912. The number of hydrogen-bond donors (Lipinski definition) is 1. The van der Waals surface area contributed by atoms with E-state index in [2.05, 4.69) is 4.74 Å². The van der Waals surface area contributed by atoms with E-state index < -0.39 is 12.8 Å². The molecule has 0 bridgehead atoms. The Labute approximate surface area is 57.1 Å². The number of nitrogens with two attached hydrogens (primary N) is 1. The molecule has 0 amide bonds. The summed E-state index contributed by atoms with van der Waals surface area (Å²) < 4.78 is 38.2. The summed E-state index contributed by atoms with van der Waals surface area (Å²) in [6.45, 7) is 0.310. The van der Waals surface area contributed by atoms with E-state index in [1.165, 1.54) is 0 Å². The Balaban J connectivity index is 3.21. The van der Waals surface area contributed by atoms with Gasteiger partial charge in [-0.05, 0) is 6.92 Å². The third-order valence-corrected chi connectivity index (χ3v) is 0.646. The van der Waals surface area contributed by atoms with Crippen molar-refractivity contribution in [1.82, 2.24) is 0 Å². The molecule has 0 aromatic rings. The molecular weight excluding hydrogens is 147 g/mol. The van der Waals surface area contributed by atoms with Crippen molar-refractivity contribution in [3.05, 3.63) is 0 Å². The lowest BCUT2D eigenvalue weighted by Crippen LogP contribution is -2.26. The Morgan fingerprint density at radius 1 is 1.50 bits per heavy atom. The van der Waals surface area contributed by atoms with E-state index in [1.54, 1.807) is 6.92 Å². The molecule has 0 rings (SSSR count). The largest absolute Gasteiger partial charge is 0.411 e. The molecule has 10 heavy (non-hydrogen) atoms. The molecule has 62 valence electrons. The highest BCUT2D eigenvalue weighted by Gasteiger charge is 2.27. The molecule has 0 saturated carbocycles. The maximum Gasteiger partial charge on any atom is 0.411 e. The third-order valence-electron chi connectivity index (χ3n) is 0.646. The van der Waals surface area contributed by atoms with Crippen molar-refractivity contribution in [3.63, 3.8) is 0 Å². The highest BCUT2D eigenvalue weighted by atomic mass is 19.4. The zero-order valence-corrected chi connectivity index (χ0v) is 5.61. The van der Waals surface area contributed by atoms with Gasteiger partial charge < -0.3 is 10.5 Å². The van der Waals surface area contributed by atoms with Gasteiger partial charge in [-0.3, -0.25) is 0 Å². The molecule has 5 heteroatoms. The van der Waals surface area contributed by atoms with Crippen LogP contribution < -0.4 is 5.73 Å². The molecule has 2 N–H and O–H groups in total. The second-order valence-corrected chi connectivity index (χ2v) is 2.11. The SMILES string of the molecule is C[C@@H](N)COCC(F)(F)F. The van der Waals surface area contributed by atoms with Crippen LogP contribution in [-0.2, 0) is 4.74 Å². The van der Waals surface area contributed by atoms with E-state index >= 15 is 0 Å². The van der Waals surface area contributed by atoms with Gasteiger partial charge in [-0.15, -0.1) is 0 Å². The first-order chi connectivity index (χ1) is 4.42. The molecule has 0 aromatic heterocycles. The van der Waals surface area contributed by atoms with Crippen LogP contribution in [0.25, 0.3) is 0 Å². The molecule has 0 unspecified atom stereocenters. The minimum Gasteiger partial charge on any atom is -0.370 e. The van der Waals surface area contributed by atoms with Gasteiger partial charge in [0.1, 0.15) is 6.61 Å². The summed E-state index contributed by atoms with van der Waals surface area (Å²) in [4.78, 5) is 0. The van der Waals surface area contributed by atoms with Crippen molar-refractivity contribution in [1.29, 1.82) is 0 Å². The van der Waals surface area contributed by atoms with Crippen LogP contribution in [0, 0.1) is 0 Å². The van der Waals surface area contributed by atoms with Gasteiger partial charge in [0.2, 0.25) is 0 Å². The number of alkyl halides is 3. The summed E-state index contributed by atoms with van der Waals surface area (Å²) in [6, 6.07) is -0.345. The normalized spacial score (nSPS) is 15.3. The Kier molecular flexibility index (Phi) is 3.67. The first-order valence-corrected chi connectivity index (χ1v) is 2.82. The monoisotopic (exact) mass is 157 g/mol. The zero-order valence-electron chi connectivity index (χ0n) is 5.61. The summed E-state index contributed by atoms with van der Waals surface area (Å²) >= 11 is 0. The molecule has 0 saturated heterocycles. The molecule has 0 heterocycles. The first-order valence-electron chi connectivity index (χ1n) is 2.82. The van der Waals surface area contributed by atoms with E-state index in [0.717, 1.165) is 0 Å². The summed E-state index contributed by atoms with van der Waals surface area (Å²) in [5, 5.41) is 0. The maximum absolute atomic E-state index is 11.3. The fraction of sp³-hybridized carbons (Fsp3) is 1.00. The number of ether oxygens (including phenoxy) is 1. The Bertz CT molecular complexity index is 91.4. The quantitative estimate of drug-likeness (QED) is 0.660. The van der Waals surface area contributed by atoms with Gasteiger partial charge in [0.25, 0.3) is 0 Å². The minimum atomic E-state index is -4.24. The standard InChI is InChI=1S/C5H10F3NO/c1-4(9)2-10-3-5(6,7)8/h4H,2-3,9H2,1H3/t4-/m1/s1. The van der Waals surface area contributed by atoms with Crippen LogP contribution in [0.15, 0.2) is 0 Å². The minimum absolute atomic E-state index is 0.0560. The number of halogens is 3. The van der Waals surface area contributed by atoms with Gasteiger partial charge in [-0.25, -0.2) is 0 Å². The van der Waals surface area contributed by atoms with Crippen LogP contribution in [0.2, 0.25) is 0 Å². The number of hydrogen-bond acceptors (Lipinski definition) is 2. The average Bonchev–Trinajstić information content (AvgIpc) is 1.59. The lowest BCUT2D eigenvalue weighted by Gasteiger charge is -2.08. The molecular formula is C5H10F3NO. The van der Waals surface area contributed by atoms with Gasteiger partial charge in [-0.2, -0.15) is 13.2 Å². The van der Waals surface area contributed by atoms with Gasteiger partial charge in [0.05, 0.1) is 6.61 Å². The molecule has 0 radical (unpaired) electrons. The van der Waals surface area contributed by atoms with Gasteiger partial charge in [0.15, 0.2) is 0 Å².